The van der Waals surface area contributed by atoms with Crippen molar-refractivity contribution in [1.29, 1.82) is 0 Å². The maximum atomic E-state index is 12.5. The van der Waals surface area contributed by atoms with Crippen molar-refractivity contribution >= 4 is 21.4 Å². The Morgan fingerprint density at radius 3 is 2.24 bits per heavy atom. The van der Waals surface area contributed by atoms with Crippen molar-refractivity contribution in [3.63, 3.8) is 0 Å². The van der Waals surface area contributed by atoms with Crippen LogP contribution in [0.25, 0.3) is 0 Å². The van der Waals surface area contributed by atoms with Crippen molar-refractivity contribution in [3.05, 3.63) is 24.3 Å². The van der Waals surface area contributed by atoms with E-state index in [0.29, 0.717) is 12.2 Å². The number of benzene rings is 1. The first kappa shape index (κ1) is 16.0. The van der Waals surface area contributed by atoms with Crippen LogP contribution in [0.3, 0.4) is 0 Å². The number of amides is 1. The molecule has 2 rings (SSSR count). The number of carbonyl (C=O) groups is 1. The Bertz CT molecular complexity index is 602. The molecule has 0 unspecified atom stereocenters. The molecule has 1 aliphatic rings. The first-order chi connectivity index (χ1) is 9.87. The second-order valence-electron chi connectivity index (χ2n) is 5.80. The maximum Gasteiger partial charge on any atom is 0.231 e. The lowest BCUT2D eigenvalue weighted by Gasteiger charge is -2.34. The largest absolute Gasteiger partial charge is 0.329 e. The molecule has 0 spiro atoms. The second kappa shape index (κ2) is 6.15. The Kier molecular flexibility index (Phi) is 4.68. The minimum atomic E-state index is -3.22. The lowest BCUT2D eigenvalue weighted by molar-refractivity contribution is -0.126. The van der Waals surface area contributed by atoms with Crippen LogP contribution < -0.4 is 11.1 Å². The lowest BCUT2D eigenvalue weighted by atomic mass is 9.73. The second-order valence-corrected chi connectivity index (χ2v) is 7.81. The molecule has 21 heavy (non-hydrogen) atoms. The molecule has 6 heteroatoms. The van der Waals surface area contributed by atoms with Gasteiger partial charge < -0.3 is 11.1 Å². The highest BCUT2D eigenvalue weighted by molar-refractivity contribution is 7.90. The van der Waals surface area contributed by atoms with Gasteiger partial charge in [0.25, 0.3) is 0 Å². The fourth-order valence-corrected chi connectivity index (χ4v) is 3.43. The molecule has 1 aromatic rings. The van der Waals surface area contributed by atoms with Crippen LogP contribution in [-0.4, -0.2) is 27.1 Å². The molecular formula is C15H22N2O3S. The van der Waals surface area contributed by atoms with Gasteiger partial charge in [-0.15, -0.1) is 0 Å². The Hall–Kier alpha value is -1.40. The van der Waals surface area contributed by atoms with Crippen LogP contribution in [0.5, 0.6) is 0 Å². The van der Waals surface area contributed by atoms with Crippen molar-refractivity contribution in [2.24, 2.45) is 11.1 Å². The molecule has 1 fully saturated rings. The number of hydrogen-bond acceptors (Lipinski definition) is 4. The molecule has 1 amide bonds. The van der Waals surface area contributed by atoms with Crippen LogP contribution in [0.2, 0.25) is 0 Å². The van der Waals surface area contributed by atoms with Gasteiger partial charge in [0.15, 0.2) is 9.84 Å². The molecule has 0 aromatic heterocycles. The van der Waals surface area contributed by atoms with E-state index in [4.69, 9.17) is 5.73 Å². The number of anilines is 1. The average molecular weight is 310 g/mol. The van der Waals surface area contributed by atoms with E-state index in [-0.39, 0.29) is 10.8 Å². The van der Waals surface area contributed by atoms with Crippen molar-refractivity contribution in [3.8, 4) is 0 Å². The molecule has 3 N–H and O–H groups in total. The monoisotopic (exact) mass is 310 g/mol. The summed E-state index contributed by atoms with van der Waals surface area (Å²) in [6.07, 6.45) is 5.99. The predicted octanol–water partition coefficient (Wildman–Crippen LogP) is 1.94. The van der Waals surface area contributed by atoms with Gasteiger partial charge in [-0.1, -0.05) is 19.3 Å². The lowest BCUT2D eigenvalue weighted by Crippen LogP contribution is -2.43. The molecule has 0 aliphatic heterocycles. The summed E-state index contributed by atoms with van der Waals surface area (Å²) < 4.78 is 22.8. The summed E-state index contributed by atoms with van der Waals surface area (Å²) >= 11 is 0. The highest BCUT2D eigenvalue weighted by atomic mass is 32.2. The standard InChI is InChI=1S/C15H22N2O3S/c1-21(19,20)13-7-5-12(6-8-13)17-14(18)15(11-16)9-3-2-4-10-15/h5-8H,2-4,9-11,16H2,1H3,(H,17,18). The first-order valence-electron chi connectivity index (χ1n) is 7.19. The van der Waals surface area contributed by atoms with E-state index in [1.54, 1.807) is 12.1 Å². The van der Waals surface area contributed by atoms with Gasteiger partial charge >= 0.3 is 0 Å². The zero-order valence-corrected chi connectivity index (χ0v) is 13.1. The molecule has 1 aliphatic carbocycles. The zero-order chi connectivity index (χ0) is 15.5. The molecule has 0 bridgehead atoms. The molecular weight excluding hydrogens is 288 g/mol. The Morgan fingerprint density at radius 2 is 1.76 bits per heavy atom. The summed E-state index contributed by atoms with van der Waals surface area (Å²) in [5.41, 5.74) is 5.96. The van der Waals surface area contributed by atoms with Crippen LogP contribution in [0.15, 0.2) is 29.2 Å². The number of nitrogens with one attached hydrogen (secondary N) is 1. The zero-order valence-electron chi connectivity index (χ0n) is 12.3. The Labute approximate surface area is 125 Å². The van der Waals surface area contributed by atoms with Gasteiger partial charge in [0.1, 0.15) is 0 Å². The smallest absolute Gasteiger partial charge is 0.231 e. The summed E-state index contributed by atoms with van der Waals surface area (Å²) in [5.74, 6) is -0.0585. The third-order valence-corrected chi connectivity index (χ3v) is 5.35. The van der Waals surface area contributed by atoms with E-state index < -0.39 is 15.3 Å². The van der Waals surface area contributed by atoms with E-state index in [1.165, 1.54) is 12.1 Å². The molecule has 0 heterocycles. The molecule has 0 saturated heterocycles. The first-order valence-corrected chi connectivity index (χ1v) is 9.08. The summed E-state index contributed by atoms with van der Waals surface area (Å²) in [6, 6.07) is 6.23. The van der Waals surface area contributed by atoms with E-state index in [1.807, 2.05) is 0 Å². The van der Waals surface area contributed by atoms with Gasteiger partial charge in [0.2, 0.25) is 5.91 Å². The highest BCUT2D eigenvalue weighted by Crippen LogP contribution is 2.36. The molecule has 1 aromatic carbocycles. The van der Waals surface area contributed by atoms with Crippen LogP contribution in [-0.2, 0) is 14.6 Å². The minimum Gasteiger partial charge on any atom is -0.329 e. The summed E-state index contributed by atoms with van der Waals surface area (Å²) in [6.45, 7) is 0.347. The van der Waals surface area contributed by atoms with Crippen molar-refractivity contribution in [2.45, 2.75) is 37.0 Å². The topological polar surface area (TPSA) is 89.3 Å². The van der Waals surface area contributed by atoms with Crippen molar-refractivity contribution < 1.29 is 13.2 Å². The minimum absolute atomic E-state index is 0.0585. The van der Waals surface area contributed by atoms with E-state index in [9.17, 15) is 13.2 Å². The third-order valence-electron chi connectivity index (χ3n) is 4.22. The van der Waals surface area contributed by atoms with E-state index in [2.05, 4.69) is 5.32 Å². The maximum absolute atomic E-state index is 12.5. The number of carbonyl (C=O) groups excluding carboxylic acids is 1. The van der Waals surface area contributed by atoms with Gasteiger partial charge in [-0.25, -0.2) is 8.42 Å². The van der Waals surface area contributed by atoms with Gasteiger partial charge in [-0.05, 0) is 37.1 Å². The predicted molar refractivity (Wildman–Crippen MR) is 82.8 cm³/mol. The Morgan fingerprint density at radius 1 is 1.19 bits per heavy atom. The number of nitrogens with two attached hydrogens (primary N) is 1. The van der Waals surface area contributed by atoms with Crippen LogP contribution >= 0.6 is 0 Å². The number of sulfone groups is 1. The molecule has 116 valence electrons. The fourth-order valence-electron chi connectivity index (χ4n) is 2.80. The van der Waals surface area contributed by atoms with Crippen LogP contribution in [0, 0.1) is 5.41 Å². The average Bonchev–Trinajstić information content (AvgIpc) is 2.47. The van der Waals surface area contributed by atoms with Crippen molar-refractivity contribution in [1.82, 2.24) is 0 Å². The van der Waals surface area contributed by atoms with E-state index in [0.717, 1.165) is 38.4 Å². The number of hydrogen-bond donors (Lipinski definition) is 2. The summed E-state index contributed by atoms with van der Waals surface area (Å²) in [5, 5.41) is 2.87. The van der Waals surface area contributed by atoms with Crippen LogP contribution in [0.4, 0.5) is 5.69 Å². The summed E-state index contributed by atoms with van der Waals surface area (Å²) in [7, 11) is -3.22. The molecule has 0 radical (unpaired) electrons. The fraction of sp³-hybridized carbons (Fsp3) is 0.533. The Balaban J connectivity index is 2.12. The molecule has 1 saturated carbocycles. The quantitative estimate of drug-likeness (QED) is 0.889. The SMILES string of the molecule is CS(=O)(=O)c1ccc(NC(=O)C2(CN)CCCCC2)cc1. The van der Waals surface area contributed by atoms with Gasteiger partial charge in [0, 0.05) is 18.5 Å². The van der Waals surface area contributed by atoms with Gasteiger partial charge in [0.05, 0.1) is 10.3 Å². The van der Waals surface area contributed by atoms with E-state index >= 15 is 0 Å². The number of rotatable bonds is 4. The summed E-state index contributed by atoms with van der Waals surface area (Å²) in [4.78, 5) is 12.7. The van der Waals surface area contributed by atoms with Gasteiger partial charge in [-0.3, -0.25) is 4.79 Å². The normalized spacial score (nSPS) is 18.2. The highest BCUT2D eigenvalue weighted by Gasteiger charge is 2.38. The molecule has 5 nitrogen and oxygen atoms in total. The van der Waals surface area contributed by atoms with Crippen LogP contribution in [0.1, 0.15) is 32.1 Å². The molecule has 0 atom stereocenters. The van der Waals surface area contributed by atoms with Crippen molar-refractivity contribution in [2.75, 3.05) is 18.1 Å². The van der Waals surface area contributed by atoms with Gasteiger partial charge in [-0.2, -0.15) is 0 Å². The third kappa shape index (κ3) is 3.63.